The smallest absolute Gasteiger partial charge is 0.258 e. The molecular formula is C10H8N2O2S. The van der Waals surface area contributed by atoms with E-state index in [9.17, 15) is 10.1 Å². The second-order valence-electron chi connectivity index (χ2n) is 3.01. The lowest BCUT2D eigenvalue weighted by atomic mass is 10.1. The van der Waals surface area contributed by atoms with Crippen LogP contribution in [0.4, 0.5) is 5.69 Å². The average Bonchev–Trinajstić information content (AvgIpc) is 2.66. The van der Waals surface area contributed by atoms with Crippen LogP contribution in [0, 0.1) is 10.1 Å². The predicted molar refractivity (Wildman–Crippen MR) is 60.2 cm³/mol. The molecule has 5 heteroatoms. The predicted octanol–water partition coefficient (Wildman–Crippen LogP) is 2.93. The van der Waals surface area contributed by atoms with Crippen molar-refractivity contribution in [3.05, 3.63) is 46.0 Å². The van der Waals surface area contributed by atoms with E-state index < -0.39 is 0 Å². The van der Waals surface area contributed by atoms with Crippen LogP contribution in [0.1, 0.15) is 5.56 Å². The van der Waals surface area contributed by atoms with Crippen LogP contribution < -0.4 is 0 Å². The maximum Gasteiger partial charge on any atom is 0.274 e. The van der Waals surface area contributed by atoms with Crippen molar-refractivity contribution in [2.45, 2.75) is 6.42 Å². The number of rotatable bonds is 3. The molecule has 1 aromatic carbocycles. The molecule has 2 aromatic rings. The summed E-state index contributed by atoms with van der Waals surface area (Å²) in [6.45, 7) is 3.61. The Hall–Kier alpha value is -1.75. The lowest BCUT2D eigenvalue weighted by Gasteiger charge is -2.00. The Kier molecular flexibility index (Phi) is 2.47. The molecule has 1 heterocycles. The average molecular weight is 220 g/mol. The van der Waals surface area contributed by atoms with Gasteiger partial charge in [-0.3, -0.25) is 10.1 Å². The van der Waals surface area contributed by atoms with E-state index >= 15 is 0 Å². The molecule has 0 saturated carbocycles. The summed E-state index contributed by atoms with van der Waals surface area (Å²) >= 11 is 1.42. The zero-order valence-electron chi connectivity index (χ0n) is 7.84. The van der Waals surface area contributed by atoms with E-state index in [0.717, 1.165) is 10.2 Å². The Morgan fingerprint density at radius 3 is 3.07 bits per heavy atom. The van der Waals surface area contributed by atoms with Crippen LogP contribution >= 0.6 is 11.3 Å². The van der Waals surface area contributed by atoms with Crippen molar-refractivity contribution in [2.75, 3.05) is 0 Å². The Morgan fingerprint density at radius 2 is 2.40 bits per heavy atom. The van der Waals surface area contributed by atoms with Crippen molar-refractivity contribution in [3.63, 3.8) is 0 Å². The van der Waals surface area contributed by atoms with Gasteiger partial charge in [0.25, 0.3) is 5.69 Å². The van der Waals surface area contributed by atoms with Gasteiger partial charge in [0.15, 0.2) is 0 Å². The molecule has 0 radical (unpaired) electrons. The van der Waals surface area contributed by atoms with Crippen LogP contribution in [0.15, 0.2) is 30.3 Å². The summed E-state index contributed by atoms with van der Waals surface area (Å²) in [6.07, 6.45) is 2.16. The summed E-state index contributed by atoms with van der Waals surface area (Å²) in [5.74, 6) is 0. The highest BCUT2D eigenvalue weighted by atomic mass is 32.1. The first-order valence-corrected chi connectivity index (χ1v) is 5.22. The number of aromatic nitrogens is 1. The third kappa shape index (κ3) is 1.61. The van der Waals surface area contributed by atoms with Crippen molar-refractivity contribution in [1.82, 2.24) is 4.98 Å². The summed E-state index contributed by atoms with van der Waals surface area (Å²) in [7, 11) is 0. The lowest BCUT2D eigenvalue weighted by Crippen LogP contribution is -1.94. The monoisotopic (exact) mass is 220 g/mol. The fraction of sp³-hybridized carbons (Fsp3) is 0.100. The number of nitro benzene ring substituents is 1. The van der Waals surface area contributed by atoms with Gasteiger partial charge in [-0.1, -0.05) is 6.08 Å². The van der Waals surface area contributed by atoms with Crippen molar-refractivity contribution in [1.29, 1.82) is 0 Å². The second-order valence-corrected chi connectivity index (χ2v) is 3.87. The van der Waals surface area contributed by atoms with Gasteiger partial charge in [-0.25, -0.2) is 4.98 Å². The molecule has 0 amide bonds. The number of fused-ring (bicyclic) bond motifs is 1. The highest BCUT2D eigenvalue weighted by Gasteiger charge is 2.16. The second kappa shape index (κ2) is 3.78. The van der Waals surface area contributed by atoms with E-state index in [0.29, 0.717) is 12.0 Å². The first-order chi connectivity index (χ1) is 7.24. The van der Waals surface area contributed by atoms with Gasteiger partial charge in [0.1, 0.15) is 0 Å². The molecule has 0 aliphatic rings. The van der Waals surface area contributed by atoms with Crippen LogP contribution in [0.5, 0.6) is 0 Å². The fourth-order valence-electron chi connectivity index (χ4n) is 1.49. The molecule has 0 atom stereocenters. The molecule has 0 spiro atoms. The van der Waals surface area contributed by atoms with Crippen molar-refractivity contribution >= 4 is 27.2 Å². The molecule has 0 unspecified atom stereocenters. The third-order valence-corrected chi connectivity index (χ3v) is 3.02. The molecule has 1 aromatic heterocycles. The van der Waals surface area contributed by atoms with E-state index in [-0.39, 0.29) is 10.6 Å². The quantitative estimate of drug-likeness (QED) is 0.454. The van der Waals surface area contributed by atoms with Crippen molar-refractivity contribution in [2.24, 2.45) is 0 Å². The Labute approximate surface area is 90.0 Å². The Morgan fingerprint density at radius 1 is 1.60 bits per heavy atom. The first-order valence-electron chi connectivity index (χ1n) is 4.34. The molecule has 0 bridgehead atoms. The Balaban J connectivity index is 2.74. The molecule has 76 valence electrons. The number of hydrogen-bond donors (Lipinski definition) is 0. The number of allylic oxidation sites excluding steroid dienone is 1. The lowest BCUT2D eigenvalue weighted by molar-refractivity contribution is -0.385. The van der Waals surface area contributed by atoms with Crippen LogP contribution in [-0.2, 0) is 6.42 Å². The summed E-state index contributed by atoms with van der Waals surface area (Å²) in [5, 5.41) is 10.8. The van der Waals surface area contributed by atoms with Gasteiger partial charge in [0.05, 0.1) is 26.2 Å². The van der Waals surface area contributed by atoms with Gasteiger partial charge in [0, 0.05) is 6.07 Å². The molecular weight excluding hydrogens is 212 g/mol. The normalized spacial score (nSPS) is 10.4. The standard InChI is InChI=1S/C10H8N2O2S/c1-2-3-7-9(12(13)14)5-4-8-10(7)15-6-11-8/h2,4-6H,1,3H2. The number of nitrogens with zero attached hydrogens (tertiary/aromatic N) is 2. The maximum atomic E-state index is 10.8. The molecule has 2 rings (SSSR count). The van der Waals surface area contributed by atoms with E-state index in [1.165, 1.54) is 17.4 Å². The van der Waals surface area contributed by atoms with E-state index in [1.807, 2.05) is 0 Å². The number of hydrogen-bond acceptors (Lipinski definition) is 4. The van der Waals surface area contributed by atoms with E-state index in [4.69, 9.17) is 0 Å². The SMILES string of the molecule is C=CCc1c([N+](=O)[O-])ccc2ncsc12. The molecule has 0 N–H and O–H groups in total. The van der Waals surface area contributed by atoms with Gasteiger partial charge in [-0.15, -0.1) is 17.9 Å². The highest BCUT2D eigenvalue weighted by Crippen LogP contribution is 2.30. The third-order valence-electron chi connectivity index (χ3n) is 2.12. The highest BCUT2D eigenvalue weighted by molar-refractivity contribution is 7.17. The number of nitro groups is 1. The molecule has 0 saturated heterocycles. The van der Waals surface area contributed by atoms with Crippen LogP contribution in [0.3, 0.4) is 0 Å². The minimum Gasteiger partial charge on any atom is -0.258 e. The molecule has 0 fully saturated rings. The largest absolute Gasteiger partial charge is 0.274 e. The molecule has 0 aliphatic carbocycles. The van der Waals surface area contributed by atoms with Gasteiger partial charge < -0.3 is 0 Å². The summed E-state index contributed by atoms with van der Waals surface area (Å²) in [6, 6.07) is 3.18. The zero-order valence-corrected chi connectivity index (χ0v) is 8.66. The minimum absolute atomic E-state index is 0.145. The van der Waals surface area contributed by atoms with E-state index in [1.54, 1.807) is 17.7 Å². The minimum atomic E-state index is -0.363. The topological polar surface area (TPSA) is 56.0 Å². The van der Waals surface area contributed by atoms with Gasteiger partial charge >= 0.3 is 0 Å². The summed E-state index contributed by atoms with van der Waals surface area (Å²) < 4.78 is 0.879. The number of thiazole rings is 1. The molecule has 0 aliphatic heterocycles. The number of benzene rings is 1. The molecule has 15 heavy (non-hydrogen) atoms. The van der Waals surface area contributed by atoms with E-state index in [2.05, 4.69) is 11.6 Å². The maximum absolute atomic E-state index is 10.8. The van der Waals surface area contributed by atoms with Crippen molar-refractivity contribution < 1.29 is 4.92 Å². The Bertz CT molecular complexity index is 533. The first kappa shape index (κ1) is 9.79. The fourth-order valence-corrected chi connectivity index (χ4v) is 2.33. The van der Waals surface area contributed by atoms with Gasteiger partial charge in [-0.05, 0) is 12.5 Å². The van der Waals surface area contributed by atoms with Gasteiger partial charge in [-0.2, -0.15) is 0 Å². The van der Waals surface area contributed by atoms with Crippen LogP contribution in [0.2, 0.25) is 0 Å². The summed E-state index contributed by atoms with van der Waals surface area (Å²) in [5.41, 5.74) is 3.35. The zero-order chi connectivity index (χ0) is 10.8. The van der Waals surface area contributed by atoms with Gasteiger partial charge in [0.2, 0.25) is 0 Å². The van der Waals surface area contributed by atoms with Crippen LogP contribution in [0.25, 0.3) is 10.2 Å². The van der Waals surface area contributed by atoms with Crippen molar-refractivity contribution in [3.8, 4) is 0 Å². The van der Waals surface area contributed by atoms with Crippen LogP contribution in [-0.4, -0.2) is 9.91 Å². The molecule has 4 nitrogen and oxygen atoms in total. The summed E-state index contributed by atoms with van der Waals surface area (Å²) in [4.78, 5) is 14.6.